The Hall–Kier alpha value is -3.04. The molecule has 30 heavy (non-hydrogen) atoms. The highest BCUT2D eigenvalue weighted by atomic mass is 32.1. The topological polar surface area (TPSA) is 109 Å². The first-order valence-corrected chi connectivity index (χ1v) is 10.6. The number of carbonyl (C=O) groups is 2. The number of aromatic nitrogens is 2. The van der Waals surface area contributed by atoms with Crippen molar-refractivity contribution in [1.29, 1.82) is 0 Å². The second-order valence-electron chi connectivity index (χ2n) is 7.35. The lowest BCUT2D eigenvalue weighted by molar-refractivity contribution is -0.138. The molecule has 3 heterocycles. The normalized spacial score (nSPS) is 18.5. The lowest BCUT2D eigenvalue weighted by Crippen LogP contribution is -2.46. The fourth-order valence-corrected chi connectivity index (χ4v) is 4.10. The predicted molar refractivity (Wildman–Crippen MR) is 110 cm³/mol. The second kappa shape index (κ2) is 8.76. The van der Waals surface area contributed by atoms with E-state index in [2.05, 4.69) is 15.5 Å². The van der Waals surface area contributed by atoms with Crippen molar-refractivity contribution in [3.63, 3.8) is 0 Å². The van der Waals surface area contributed by atoms with Gasteiger partial charge in [-0.2, -0.15) is 0 Å². The molecule has 2 aromatic heterocycles. The van der Waals surface area contributed by atoms with Gasteiger partial charge in [0.1, 0.15) is 11.8 Å². The summed E-state index contributed by atoms with van der Waals surface area (Å²) in [6.07, 6.45) is -0.496. The molecule has 0 saturated carbocycles. The number of hydrogen-bond acceptors (Lipinski definition) is 7. The van der Waals surface area contributed by atoms with E-state index in [0.717, 1.165) is 16.8 Å². The lowest BCUT2D eigenvalue weighted by atomic mass is 10.1. The molecule has 0 unspecified atom stereocenters. The first kappa shape index (κ1) is 20.2. The highest BCUT2D eigenvalue weighted by Gasteiger charge is 2.38. The second-order valence-corrected chi connectivity index (χ2v) is 8.07. The number of benzene rings is 1. The van der Waals surface area contributed by atoms with Crippen LogP contribution in [0.15, 0.2) is 45.7 Å². The van der Waals surface area contributed by atoms with Crippen molar-refractivity contribution >= 4 is 23.2 Å². The summed E-state index contributed by atoms with van der Waals surface area (Å²) in [5.41, 5.74) is 5.36. The Morgan fingerprint density at radius 3 is 2.80 bits per heavy atom. The maximum Gasteiger partial charge on any atom is 0.243 e. The van der Waals surface area contributed by atoms with Crippen LogP contribution in [0.25, 0.3) is 11.3 Å². The van der Waals surface area contributed by atoms with Crippen LogP contribution in [0.5, 0.6) is 0 Å². The average molecular weight is 426 g/mol. The third-order valence-electron chi connectivity index (χ3n) is 5.05. The van der Waals surface area contributed by atoms with Gasteiger partial charge < -0.3 is 19.8 Å². The molecule has 0 radical (unpaired) electrons. The molecule has 156 valence electrons. The number of hydrogen-bond donors (Lipinski definition) is 2. The summed E-state index contributed by atoms with van der Waals surface area (Å²) in [6.45, 7) is 2.25. The lowest BCUT2D eigenvalue weighted by Gasteiger charge is -2.23. The van der Waals surface area contributed by atoms with Gasteiger partial charge in [0.25, 0.3) is 0 Å². The summed E-state index contributed by atoms with van der Waals surface area (Å²) in [4.78, 5) is 31.1. The zero-order valence-corrected chi connectivity index (χ0v) is 17.3. The molecule has 2 atom stereocenters. The molecule has 4 rings (SSSR count). The van der Waals surface area contributed by atoms with E-state index in [-0.39, 0.29) is 31.2 Å². The van der Waals surface area contributed by atoms with Crippen molar-refractivity contribution in [1.82, 2.24) is 20.4 Å². The molecule has 3 aromatic rings. The van der Waals surface area contributed by atoms with Crippen molar-refractivity contribution in [2.75, 3.05) is 6.54 Å². The molecule has 8 nitrogen and oxygen atoms in total. The van der Waals surface area contributed by atoms with Gasteiger partial charge in [-0.3, -0.25) is 9.59 Å². The monoisotopic (exact) mass is 426 g/mol. The number of nitrogens with one attached hydrogen (secondary N) is 1. The predicted octanol–water partition coefficient (Wildman–Crippen LogP) is 1.93. The van der Waals surface area contributed by atoms with Gasteiger partial charge in [0.05, 0.1) is 29.4 Å². The van der Waals surface area contributed by atoms with E-state index in [0.29, 0.717) is 18.0 Å². The molecule has 1 aliphatic heterocycles. The summed E-state index contributed by atoms with van der Waals surface area (Å²) in [7, 11) is 0. The molecule has 1 aliphatic rings. The van der Waals surface area contributed by atoms with Gasteiger partial charge in [-0.25, -0.2) is 4.98 Å². The van der Waals surface area contributed by atoms with Crippen molar-refractivity contribution in [2.24, 2.45) is 0 Å². The van der Waals surface area contributed by atoms with Gasteiger partial charge in [0.15, 0.2) is 0 Å². The standard InChI is InChI=1S/C21H22N4O4S/c1-13-6-17(29-24-13)8-20(27)25-10-16(26)7-19(25)21(28)22-9-14-2-4-15(5-3-14)18-11-30-12-23-18/h2-6,11-12,16,19,26H,7-10H2,1H3,(H,22,28)/t16-,19+/m1/s1. The Morgan fingerprint density at radius 2 is 2.13 bits per heavy atom. The van der Waals surface area contributed by atoms with E-state index >= 15 is 0 Å². The minimum Gasteiger partial charge on any atom is -0.391 e. The van der Waals surface area contributed by atoms with Gasteiger partial charge in [-0.05, 0) is 12.5 Å². The zero-order chi connectivity index (χ0) is 21.1. The number of rotatable bonds is 6. The number of thiazole rings is 1. The molecule has 1 fully saturated rings. The van der Waals surface area contributed by atoms with Crippen LogP contribution in [0.2, 0.25) is 0 Å². The number of aryl methyl sites for hydroxylation is 1. The Balaban J connectivity index is 1.36. The van der Waals surface area contributed by atoms with Crippen LogP contribution >= 0.6 is 11.3 Å². The number of carbonyl (C=O) groups excluding carboxylic acids is 2. The maximum absolute atomic E-state index is 12.7. The van der Waals surface area contributed by atoms with Crippen LogP contribution in [-0.4, -0.2) is 50.7 Å². The highest BCUT2D eigenvalue weighted by Crippen LogP contribution is 2.21. The highest BCUT2D eigenvalue weighted by molar-refractivity contribution is 7.07. The molecule has 0 spiro atoms. The van der Waals surface area contributed by atoms with E-state index in [4.69, 9.17) is 4.52 Å². The number of aliphatic hydroxyl groups is 1. The van der Waals surface area contributed by atoms with Crippen molar-refractivity contribution in [2.45, 2.75) is 38.5 Å². The molecular formula is C21H22N4O4S. The molecule has 2 N–H and O–H groups in total. The van der Waals surface area contributed by atoms with E-state index in [1.165, 1.54) is 4.90 Å². The number of amides is 2. The Kier molecular flexibility index (Phi) is 5.91. The SMILES string of the molecule is Cc1cc(CC(=O)N2C[C@H](O)C[C@H]2C(=O)NCc2ccc(-c3cscn3)cc2)on1. The minimum atomic E-state index is -0.724. The third-order valence-corrected chi connectivity index (χ3v) is 5.64. The minimum absolute atomic E-state index is 0.00935. The molecule has 9 heteroatoms. The third kappa shape index (κ3) is 4.58. The maximum atomic E-state index is 12.7. The number of nitrogens with zero attached hydrogens (tertiary/aromatic N) is 3. The van der Waals surface area contributed by atoms with E-state index in [1.54, 1.807) is 29.8 Å². The Labute approximate surface area is 177 Å². The first-order valence-electron chi connectivity index (χ1n) is 9.64. The molecule has 2 amide bonds. The molecule has 1 saturated heterocycles. The van der Waals surface area contributed by atoms with Crippen molar-refractivity contribution < 1.29 is 19.2 Å². The van der Waals surface area contributed by atoms with Crippen LogP contribution in [0.1, 0.15) is 23.4 Å². The smallest absolute Gasteiger partial charge is 0.243 e. The number of aliphatic hydroxyl groups excluding tert-OH is 1. The molecule has 0 bridgehead atoms. The van der Waals surface area contributed by atoms with Gasteiger partial charge >= 0.3 is 0 Å². The first-order chi connectivity index (χ1) is 14.5. The summed E-state index contributed by atoms with van der Waals surface area (Å²) >= 11 is 1.54. The number of β-amino-alcohol motifs (C(OH)–C–C–N with tert-alkyl or cyclic N) is 1. The van der Waals surface area contributed by atoms with Crippen LogP contribution in [0.3, 0.4) is 0 Å². The van der Waals surface area contributed by atoms with Gasteiger partial charge in [-0.15, -0.1) is 11.3 Å². The average Bonchev–Trinajstić information content (AvgIpc) is 3.48. The summed E-state index contributed by atoms with van der Waals surface area (Å²) in [5, 5.41) is 18.7. The van der Waals surface area contributed by atoms with Gasteiger partial charge in [0, 0.05) is 36.5 Å². The summed E-state index contributed by atoms with van der Waals surface area (Å²) in [6, 6.07) is 8.79. The fraction of sp³-hybridized carbons (Fsp3) is 0.333. The van der Waals surface area contributed by atoms with Crippen LogP contribution in [0, 0.1) is 6.92 Å². The van der Waals surface area contributed by atoms with Crippen LogP contribution < -0.4 is 5.32 Å². The van der Waals surface area contributed by atoms with Gasteiger partial charge in [0.2, 0.25) is 11.8 Å². The largest absolute Gasteiger partial charge is 0.391 e. The zero-order valence-electron chi connectivity index (χ0n) is 16.4. The Morgan fingerprint density at radius 1 is 1.33 bits per heavy atom. The summed E-state index contributed by atoms with van der Waals surface area (Å²) in [5.74, 6) is -0.106. The van der Waals surface area contributed by atoms with Crippen molar-refractivity contribution in [3.05, 3.63) is 58.2 Å². The summed E-state index contributed by atoms with van der Waals surface area (Å²) < 4.78 is 5.09. The van der Waals surface area contributed by atoms with Crippen LogP contribution in [-0.2, 0) is 22.6 Å². The molecule has 1 aromatic carbocycles. The fourth-order valence-electron chi connectivity index (χ4n) is 3.54. The van der Waals surface area contributed by atoms with E-state index in [9.17, 15) is 14.7 Å². The number of likely N-dealkylation sites (tertiary alicyclic amines) is 1. The van der Waals surface area contributed by atoms with Crippen LogP contribution in [0.4, 0.5) is 0 Å². The van der Waals surface area contributed by atoms with E-state index in [1.807, 2.05) is 29.6 Å². The van der Waals surface area contributed by atoms with Gasteiger partial charge in [-0.1, -0.05) is 29.4 Å². The quantitative estimate of drug-likeness (QED) is 0.624. The van der Waals surface area contributed by atoms with E-state index < -0.39 is 12.1 Å². The Bertz CT molecular complexity index is 1020. The molecular weight excluding hydrogens is 404 g/mol. The molecule has 0 aliphatic carbocycles. The van der Waals surface area contributed by atoms with Crippen molar-refractivity contribution in [3.8, 4) is 11.3 Å².